The molecular formula is C20H19N5OS. The van der Waals surface area contributed by atoms with E-state index in [9.17, 15) is 4.79 Å². The minimum atomic E-state index is -0.106. The Morgan fingerprint density at radius 1 is 1.11 bits per heavy atom. The Morgan fingerprint density at radius 2 is 1.85 bits per heavy atom. The van der Waals surface area contributed by atoms with Crippen LogP contribution in [0.2, 0.25) is 0 Å². The van der Waals surface area contributed by atoms with Gasteiger partial charge < -0.3 is 9.88 Å². The van der Waals surface area contributed by atoms with Gasteiger partial charge in [0.05, 0.1) is 30.2 Å². The van der Waals surface area contributed by atoms with E-state index in [4.69, 9.17) is 0 Å². The van der Waals surface area contributed by atoms with Crippen LogP contribution in [0.15, 0.2) is 60.2 Å². The molecule has 1 N–H and O–H groups in total. The van der Waals surface area contributed by atoms with Gasteiger partial charge in [0.15, 0.2) is 0 Å². The molecule has 0 aliphatic rings. The molecular weight excluding hydrogens is 358 g/mol. The molecule has 136 valence electrons. The molecule has 1 amide bonds. The lowest BCUT2D eigenvalue weighted by molar-refractivity contribution is 0.102. The number of anilines is 1. The zero-order chi connectivity index (χ0) is 18.8. The fourth-order valence-electron chi connectivity index (χ4n) is 3.06. The highest BCUT2D eigenvalue weighted by Gasteiger charge is 2.16. The molecule has 0 fully saturated rings. The molecule has 0 saturated carbocycles. The lowest BCUT2D eigenvalue weighted by atomic mass is 10.2. The van der Waals surface area contributed by atoms with E-state index in [0.29, 0.717) is 5.56 Å². The first-order valence-electron chi connectivity index (χ1n) is 8.59. The summed E-state index contributed by atoms with van der Waals surface area (Å²) in [6, 6.07) is 13.5. The fourth-order valence-corrected chi connectivity index (χ4v) is 3.75. The smallest absolute Gasteiger partial charge is 0.257 e. The van der Waals surface area contributed by atoms with Crippen LogP contribution in [0.25, 0.3) is 5.69 Å². The van der Waals surface area contributed by atoms with Crippen LogP contribution in [0.1, 0.15) is 26.6 Å². The number of amides is 1. The maximum Gasteiger partial charge on any atom is 0.257 e. The molecule has 0 bridgehead atoms. The van der Waals surface area contributed by atoms with Crippen molar-refractivity contribution in [3.63, 3.8) is 0 Å². The summed E-state index contributed by atoms with van der Waals surface area (Å²) in [5.74, 6) is -0.106. The van der Waals surface area contributed by atoms with Crippen LogP contribution in [0.5, 0.6) is 0 Å². The monoisotopic (exact) mass is 377 g/mol. The number of benzene rings is 1. The van der Waals surface area contributed by atoms with E-state index in [1.54, 1.807) is 23.7 Å². The van der Waals surface area contributed by atoms with Crippen LogP contribution < -0.4 is 5.32 Å². The zero-order valence-corrected chi connectivity index (χ0v) is 15.9. The first-order valence-corrected chi connectivity index (χ1v) is 9.47. The van der Waals surface area contributed by atoms with E-state index in [-0.39, 0.29) is 5.91 Å². The van der Waals surface area contributed by atoms with Crippen molar-refractivity contribution in [2.75, 3.05) is 5.32 Å². The van der Waals surface area contributed by atoms with Gasteiger partial charge >= 0.3 is 0 Å². The van der Waals surface area contributed by atoms with Crippen LogP contribution in [0.3, 0.4) is 0 Å². The number of nitrogens with one attached hydrogen (secondary N) is 1. The number of hydrogen-bond donors (Lipinski definition) is 1. The molecule has 0 unspecified atom stereocenters. The van der Waals surface area contributed by atoms with E-state index in [1.165, 1.54) is 9.67 Å². The predicted molar refractivity (Wildman–Crippen MR) is 107 cm³/mol. The number of thiophene rings is 1. The van der Waals surface area contributed by atoms with E-state index < -0.39 is 0 Å². The van der Waals surface area contributed by atoms with Gasteiger partial charge in [-0.05, 0) is 55.6 Å². The highest BCUT2D eigenvalue weighted by atomic mass is 32.1. The van der Waals surface area contributed by atoms with Crippen molar-refractivity contribution in [1.82, 2.24) is 19.6 Å². The van der Waals surface area contributed by atoms with Crippen molar-refractivity contribution >= 4 is 22.9 Å². The van der Waals surface area contributed by atoms with Crippen LogP contribution >= 0.6 is 11.3 Å². The Kier molecular flexibility index (Phi) is 4.60. The summed E-state index contributed by atoms with van der Waals surface area (Å²) in [6.45, 7) is 4.81. The third-order valence-electron chi connectivity index (χ3n) is 4.49. The second-order valence-electron chi connectivity index (χ2n) is 6.27. The van der Waals surface area contributed by atoms with Gasteiger partial charge in [-0.25, -0.2) is 0 Å². The molecule has 4 rings (SSSR count). The second-order valence-corrected chi connectivity index (χ2v) is 7.30. The van der Waals surface area contributed by atoms with Crippen molar-refractivity contribution < 1.29 is 4.79 Å². The summed E-state index contributed by atoms with van der Waals surface area (Å²) in [7, 11) is 0. The Hall–Kier alpha value is -3.19. The quantitative estimate of drug-likeness (QED) is 0.571. The number of carbonyl (C=O) groups is 1. The summed E-state index contributed by atoms with van der Waals surface area (Å²) in [5.41, 5.74) is 4.31. The van der Waals surface area contributed by atoms with Gasteiger partial charge in [0.25, 0.3) is 5.91 Å². The molecule has 27 heavy (non-hydrogen) atoms. The van der Waals surface area contributed by atoms with Crippen molar-refractivity contribution in [1.29, 1.82) is 0 Å². The maximum absolute atomic E-state index is 12.8. The Balaban J connectivity index is 1.51. The predicted octanol–water partition coefficient (Wildman–Crippen LogP) is 4.05. The zero-order valence-electron chi connectivity index (χ0n) is 15.1. The lowest BCUT2D eigenvalue weighted by Gasteiger charge is -2.09. The van der Waals surface area contributed by atoms with Crippen LogP contribution in [0.4, 0.5) is 5.69 Å². The molecule has 7 heteroatoms. The van der Waals surface area contributed by atoms with E-state index in [0.717, 1.165) is 29.3 Å². The molecule has 6 nitrogen and oxygen atoms in total. The van der Waals surface area contributed by atoms with E-state index in [2.05, 4.69) is 31.5 Å². The Morgan fingerprint density at radius 3 is 2.52 bits per heavy atom. The molecule has 4 aromatic rings. The first-order chi connectivity index (χ1) is 13.1. The molecule has 0 aliphatic heterocycles. The van der Waals surface area contributed by atoms with Crippen molar-refractivity contribution in [2.24, 2.45) is 0 Å². The molecule has 3 aromatic heterocycles. The van der Waals surface area contributed by atoms with Gasteiger partial charge in [-0.2, -0.15) is 15.0 Å². The SMILES string of the molecule is Cc1cc(C(=O)Nc2ccc(-n3nccn3)cc2)c(C)n1Cc1cccs1. The van der Waals surface area contributed by atoms with Crippen molar-refractivity contribution in [3.8, 4) is 5.69 Å². The third kappa shape index (κ3) is 3.54. The Labute approximate surface area is 161 Å². The molecule has 0 radical (unpaired) electrons. The van der Waals surface area contributed by atoms with Crippen LogP contribution in [-0.2, 0) is 6.54 Å². The van der Waals surface area contributed by atoms with Gasteiger partial charge in [-0.3, -0.25) is 4.79 Å². The second kappa shape index (κ2) is 7.20. The fraction of sp³-hybridized carbons (Fsp3) is 0.150. The first kappa shape index (κ1) is 17.2. The third-order valence-corrected chi connectivity index (χ3v) is 5.35. The number of rotatable bonds is 5. The molecule has 1 aromatic carbocycles. The van der Waals surface area contributed by atoms with E-state index >= 15 is 0 Å². The van der Waals surface area contributed by atoms with Gasteiger partial charge in [0.1, 0.15) is 0 Å². The van der Waals surface area contributed by atoms with Gasteiger partial charge in [0.2, 0.25) is 0 Å². The molecule has 3 heterocycles. The average Bonchev–Trinajstić information content (AvgIpc) is 3.41. The highest BCUT2D eigenvalue weighted by Crippen LogP contribution is 2.21. The summed E-state index contributed by atoms with van der Waals surface area (Å²) in [5, 5.41) is 13.2. The summed E-state index contributed by atoms with van der Waals surface area (Å²) < 4.78 is 2.17. The number of aryl methyl sites for hydroxylation is 1. The lowest BCUT2D eigenvalue weighted by Crippen LogP contribution is -2.13. The topological polar surface area (TPSA) is 64.7 Å². The average molecular weight is 377 g/mol. The molecule has 0 saturated heterocycles. The molecule has 0 atom stereocenters. The van der Waals surface area contributed by atoms with E-state index in [1.807, 2.05) is 50.2 Å². The van der Waals surface area contributed by atoms with Crippen LogP contribution in [0, 0.1) is 13.8 Å². The largest absolute Gasteiger partial charge is 0.343 e. The summed E-state index contributed by atoms with van der Waals surface area (Å²) >= 11 is 1.72. The van der Waals surface area contributed by atoms with Crippen LogP contribution in [-0.4, -0.2) is 25.5 Å². The Bertz CT molecular complexity index is 1050. The highest BCUT2D eigenvalue weighted by molar-refractivity contribution is 7.09. The van der Waals surface area contributed by atoms with Gasteiger partial charge in [-0.1, -0.05) is 6.07 Å². The normalized spacial score (nSPS) is 10.9. The summed E-state index contributed by atoms with van der Waals surface area (Å²) in [4.78, 5) is 15.6. The minimum absolute atomic E-state index is 0.106. The summed E-state index contributed by atoms with van der Waals surface area (Å²) in [6.07, 6.45) is 3.25. The van der Waals surface area contributed by atoms with Gasteiger partial charge in [0, 0.05) is 22.0 Å². The molecule has 0 aliphatic carbocycles. The standard InChI is InChI=1S/C20H19N5OS/c1-14-12-19(15(2)24(14)13-18-4-3-11-27-18)20(26)23-16-5-7-17(8-6-16)25-21-9-10-22-25/h3-12H,13H2,1-2H3,(H,23,26). The number of aromatic nitrogens is 4. The van der Waals surface area contributed by atoms with Crippen molar-refractivity contribution in [3.05, 3.63) is 82.1 Å². The van der Waals surface area contributed by atoms with Gasteiger partial charge in [-0.15, -0.1) is 11.3 Å². The maximum atomic E-state index is 12.8. The van der Waals surface area contributed by atoms with Crippen molar-refractivity contribution in [2.45, 2.75) is 20.4 Å². The number of hydrogen-bond acceptors (Lipinski definition) is 4. The number of nitrogens with zero attached hydrogens (tertiary/aromatic N) is 4. The number of carbonyl (C=O) groups excluding carboxylic acids is 1. The minimum Gasteiger partial charge on any atom is -0.343 e. The molecule has 0 spiro atoms.